The van der Waals surface area contributed by atoms with Crippen molar-refractivity contribution in [1.29, 1.82) is 0 Å². The Balaban J connectivity index is 1.65. The first-order valence-corrected chi connectivity index (χ1v) is 5.60. The second kappa shape index (κ2) is 4.10. The second-order valence-corrected chi connectivity index (χ2v) is 4.05. The summed E-state index contributed by atoms with van der Waals surface area (Å²) in [6, 6.07) is 10.3. The van der Waals surface area contributed by atoms with Crippen LogP contribution in [0.1, 0.15) is 23.9 Å². The van der Waals surface area contributed by atoms with Gasteiger partial charge in [-0.05, 0) is 12.0 Å². The first kappa shape index (κ1) is 9.60. The summed E-state index contributed by atoms with van der Waals surface area (Å²) in [5.41, 5.74) is 1.22. The van der Waals surface area contributed by atoms with Crippen LogP contribution in [0.15, 0.2) is 42.7 Å². The first-order valence-electron chi connectivity index (χ1n) is 5.60. The van der Waals surface area contributed by atoms with Crippen LogP contribution in [0.2, 0.25) is 0 Å². The van der Waals surface area contributed by atoms with Gasteiger partial charge in [0.1, 0.15) is 11.9 Å². The molecule has 3 rings (SSSR count). The molecule has 0 unspecified atom stereocenters. The van der Waals surface area contributed by atoms with Crippen molar-refractivity contribution in [2.24, 2.45) is 0 Å². The monoisotopic (exact) mass is 214 g/mol. The predicted molar refractivity (Wildman–Crippen MR) is 60.8 cm³/mol. The summed E-state index contributed by atoms with van der Waals surface area (Å²) in [5, 5.41) is 0. The smallest absolute Gasteiger partial charge is 0.137 e. The molecule has 3 nitrogen and oxygen atoms in total. The molecule has 1 aliphatic rings. The van der Waals surface area contributed by atoms with E-state index in [1.54, 1.807) is 0 Å². The maximum absolute atomic E-state index is 5.89. The van der Waals surface area contributed by atoms with Gasteiger partial charge in [0.2, 0.25) is 0 Å². The van der Waals surface area contributed by atoms with E-state index in [-0.39, 0.29) is 6.10 Å². The molecule has 2 heterocycles. The normalized spacial score (nSPS) is 18.6. The predicted octanol–water partition coefficient (Wildman–Crippen LogP) is 2.54. The highest BCUT2D eigenvalue weighted by Gasteiger charge is 2.23. The van der Waals surface area contributed by atoms with Crippen LogP contribution in [0.25, 0.3) is 0 Å². The Morgan fingerprint density at radius 1 is 1.31 bits per heavy atom. The van der Waals surface area contributed by atoms with Crippen LogP contribution < -0.4 is 0 Å². The molecule has 1 aromatic heterocycles. The topological polar surface area (TPSA) is 27.1 Å². The van der Waals surface area contributed by atoms with Gasteiger partial charge in [-0.3, -0.25) is 0 Å². The van der Waals surface area contributed by atoms with Gasteiger partial charge in [0.15, 0.2) is 0 Å². The minimum absolute atomic E-state index is 0.162. The van der Waals surface area contributed by atoms with Gasteiger partial charge >= 0.3 is 0 Å². The third-order valence-corrected chi connectivity index (χ3v) is 2.96. The molecule has 0 radical (unpaired) electrons. The molecule has 1 aromatic carbocycles. The van der Waals surface area contributed by atoms with Crippen molar-refractivity contribution >= 4 is 0 Å². The van der Waals surface area contributed by atoms with E-state index in [1.807, 2.05) is 30.6 Å². The number of nitrogens with zero attached hydrogens (tertiary/aromatic N) is 2. The molecule has 0 bridgehead atoms. The number of benzene rings is 1. The van der Waals surface area contributed by atoms with Gasteiger partial charge in [0.25, 0.3) is 0 Å². The Morgan fingerprint density at radius 3 is 3.06 bits per heavy atom. The van der Waals surface area contributed by atoms with E-state index in [0.717, 1.165) is 18.8 Å². The van der Waals surface area contributed by atoms with E-state index in [0.29, 0.717) is 6.61 Å². The van der Waals surface area contributed by atoms with E-state index in [2.05, 4.69) is 21.7 Å². The maximum Gasteiger partial charge on any atom is 0.137 e. The second-order valence-electron chi connectivity index (χ2n) is 4.05. The first-order chi connectivity index (χ1) is 7.93. The number of fused-ring (bicyclic) bond motifs is 1. The van der Waals surface area contributed by atoms with Crippen molar-refractivity contribution in [2.45, 2.75) is 25.7 Å². The number of aryl methyl sites for hydroxylation is 1. The molecule has 3 heteroatoms. The summed E-state index contributed by atoms with van der Waals surface area (Å²) < 4.78 is 8.05. The zero-order valence-electron chi connectivity index (χ0n) is 9.04. The van der Waals surface area contributed by atoms with Crippen molar-refractivity contribution in [3.63, 3.8) is 0 Å². The van der Waals surface area contributed by atoms with Gasteiger partial charge in [-0.15, -0.1) is 0 Å². The zero-order valence-corrected chi connectivity index (χ0v) is 9.04. The average Bonchev–Trinajstić information content (AvgIpc) is 2.90. The number of imidazole rings is 1. The summed E-state index contributed by atoms with van der Waals surface area (Å²) in [6.45, 7) is 1.69. The van der Waals surface area contributed by atoms with Crippen molar-refractivity contribution < 1.29 is 4.74 Å². The van der Waals surface area contributed by atoms with Crippen LogP contribution in [0.3, 0.4) is 0 Å². The number of hydrogen-bond donors (Lipinski definition) is 0. The van der Waals surface area contributed by atoms with Gasteiger partial charge < -0.3 is 9.30 Å². The lowest BCUT2D eigenvalue weighted by Gasteiger charge is -2.10. The molecule has 16 heavy (non-hydrogen) atoms. The van der Waals surface area contributed by atoms with Crippen LogP contribution in [0.5, 0.6) is 0 Å². The summed E-state index contributed by atoms with van der Waals surface area (Å²) in [7, 11) is 0. The SMILES string of the molecule is c1ccc(CO[C@H]2CCn3ccnc32)cc1. The number of aromatic nitrogens is 2. The van der Waals surface area contributed by atoms with E-state index in [4.69, 9.17) is 4.74 Å². The van der Waals surface area contributed by atoms with Gasteiger partial charge in [-0.1, -0.05) is 30.3 Å². The Bertz CT molecular complexity index is 464. The van der Waals surface area contributed by atoms with Crippen LogP contribution in [0.4, 0.5) is 0 Å². The molecule has 1 atom stereocenters. The zero-order chi connectivity index (χ0) is 10.8. The highest BCUT2D eigenvalue weighted by Crippen LogP contribution is 2.28. The van der Waals surface area contributed by atoms with E-state index < -0.39 is 0 Å². The van der Waals surface area contributed by atoms with Gasteiger partial charge in [0, 0.05) is 18.9 Å². The lowest BCUT2D eigenvalue weighted by Crippen LogP contribution is -2.02. The van der Waals surface area contributed by atoms with Crippen molar-refractivity contribution in [1.82, 2.24) is 9.55 Å². The molecular formula is C13H14N2O. The molecule has 0 saturated heterocycles. The van der Waals surface area contributed by atoms with E-state index >= 15 is 0 Å². The molecule has 82 valence electrons. The summed E-state index contributed by atoms with van der Waals surface area (Å²) in [4.78, 5) is 4.33. The quantitative estimate of drug-likeness (QED) is 0.785. The highest BCUT2D eigenvalue weighted by atomic mass is 16.5. The highest BCUT2D eigenvalue weighted by molar-refractivity contribution is 5.13. The standard InChI is InChI=1S/C13H14N2O/c1-2-4-11(5-3-1)10-16-12-6-8-15-9-7-14-13(12)15/h1-5,7,9,12H,6,8,10H2/t12-/m0/s1. The summed E-state index contributed by atoms with van der Waals surface area (Å²) in [6.07, 6.45) is 5.06. The fraction of sp³-hybridized carbons (Fsp3) is 0.308. The minimum atomic E-state index is 0.162. The van der Waals surface area contributed by atoms with Crippen LogP contribution >= 0.6 is 0 Å². The lowest BCUT2D eigenvalue weighted by molar-refractivity contribution is 0.0384. The number of ether oxygens (including phenoxy) is 1. The lowest BCUT2D eigenvalue weighted by atomic mass is 10.2. The van der Waals surface area contributed by atoms with Crippen molar-refractivity contribution in [2.75, 3.05) is 0 Å². The molecule has 0 aliphatic carbocycles. The Hall–Kier alpha value is -1.61. The fourth-order valence-electron chi connectivity index (χ4n) is 2.11. The van der Waals surface area contributed by atoms with Gasteiger partial charge in [-0.25, -0.2) is 4.98 Å². The molecule has 0 N–H and O–H groups in total. The molecule has 0 amide bonds. The molecule has 2 aromatic rings. The molecular weight excluding hydrogens is 200 g/mol. The van der Waals surface area contributed by atoms with Gasteiger partial charge in [-0.2, -0.15) is 0 Å². The molecule has 0 fully saturated rings. The Morgan fingerprint density at radius 2 is 2.19 bits per heavy atom. The van der Waals surface area contributed by atoms with Crippen molar-refractivity contribution in [3.05, 3.63) is 54.1 Å². The van der Waals surface area contributed by atoms with E-state index in [1.165, 1.54) is 5.56 Å². The Kier molecular flexibility index (Phi) is 2.46. The van der Waals surface area contributed by atoms with Crippen LogP contribution in [-0.4, -0.2) is 9.55 Å². The molecule has 0 saturated carbocycles. The van der Waals surface area contributed by atoms with Crippen molar-refractivity contribution in [3.8, 4) is 0 Å². The summed E-state index contributed by atoms with van der Waals surface area (Å²) in [5.74, 6) is 1.07. The third-order valence-electron chi connectivity index (χ3n) is 2.96. The number of hydrogen-bond acceptors (Lipinski definition) is 2. The summed E-state index contributed by atoms with van der Waals surface area (Å²) >= 11 is 0. The van der Waals surface area contributed by atoms with Gasteiger partial charge in [0.05, 0.1) is 6.61 Å². The third kappa shape index (κ3) is 1.74. The number of rotatable bonds is 3. The maximum atomic E-state index is 5.89. The average molecular weight is 214 g/mol. The molecule has 0 spiro atoms. The largest absolute Gasteiger partial charge is 0.366 e. The van der Waals surface area contributed by atoms with Crippen LogP contribution in [0, 0.1) is 0 Å². The minimum Gasteiger partial charge on any atom is -0.366 e. The van der Waals surface area contributed by atoms with Crippen LogP contribution in [-0.2, 0) is 17.9 Å². The van der Waals surface area contributed by atoms with E-state index in [9.17, 15) is 0 Å². The fourth-order valence-corrected chi connectivity index (χ4v) is 2.11. The molecule has 1 aliphatic heterocycles. The Labute approximate surface area is 94.7 Å².